The van der Waals surface area contributed by atoms with E-state index < -0.39 is 23.2 Å². The number of ether oxygens (including phenoxy) is 1. The molecule has 1 aromatic carbocycles. The van der Waals surface area contributed by atoms with Crippen LogP contribution in [0, 0.1) is 0 Å². The summed E-state index contributed by atoms with van der Waals surface area (Å²) in [6.07, 6.45) is -0.746. The smallest absolute Gasteiger partial charge is 0.407 e. The van der Waals surface area contributed by atoms with Crippen molar-refractivity contribution in [3.8, 4) is 0 Å². The number of benzene rings is 1. The molecule has 0 aliphatic heterocycles. The number of pyridine rings is 1. The van der Waals surface area contributed by atoms with E-state index in [1.54, 1.807) is 26.8 Å². The largest absolute Gasteiger partial charge is 0.478 e. The first-order valence-electron chi connectivity index (χ1n) is 7.13. The quantitative estimate of drug-likeness (QED) is 0.787. The lowest BCUT2D eigenvalue weighted by Crippen LogP contribution is -2.34. The van der Waals surface area contributed by atoms with Crippen LogP contribution in [-0.2, 0) is 11.3 Å². The molecule has 8 heteroatoms. The predicted molar refractivity (Wildman–Crippen MR) is 89.6 cm³/mol. The molecule has 0 aliphatic rings. The van der Waals surface area contributed by atoms with Crippen LogP contribution in [0.5, 0.6) is 0 Å². The third-order valence-corrected chi connectivity index (χ3v) is 3.33. The van der Waals surface area contributed by atoms with Crippen molar-refractivity contribution in [2.45, 2.75) is 32.9 Å². The van der Waals surface area contributed by atoms with E-state index in [2.05, 4.69) is 10.3 Å². The molecular formula is C16H17ClN2O5. The lowest BCUT2D eigenvalue weighted by atomic mass is 10.0. The molecule has 0 fully saturated rings. The van der Waals surface area contributed by atoms with E-state index in [9.17, 15) is 19.5 Å². The van der Waals surface area contributed by atoms with Crippen LogP contribution in [0.4, 0.5) is 4.79 Å². The number of H-pyrrole nitrogens is 1. The molecule has 0 bridgehead atoms. The third kappa shape index (κ3) is 4.05. The van der Waals surface area contributed by atoms with E-state index in [1.165, 1.54) is 12.1 Å². The molecule has 3 N–H and O–H groups in total. The Morgan fingerprint density at radius 2 is 2.00 bits per heavy atom. The van der Waals surface area contributed by atoms with Crippen LogP contribution in [0.3, 0.4) is 0 Å². The van der Waals surface area contributed by atoms with Crippen molar-refractivity contribution >= 4 is 34.6 Å². The van der Waals surface area contributed by atoms with Gasteiger partial charge in [-0.25, -0.2) is 9.59 Å². The molecule has 2 rings (SSSR count). The lowest BCUT2D eigenvalue weighted by Gasteiger charge is -2.19. The number of nitrogens with one attached hydrogen (secondary N) is 2. The van der Waals surface area contributed by atoms with Crippen molar-refractivity contribution in [1.82, 2.24) is 10.3 Å². The molecule has 7 nitrogen and oxygen atoms in total. The molecular weight excluding hydrogens is 336 g/mol. The molecule has 0 atom stereocenters. The van der Waals surface area contributed by atoms with Gasteiger partial charge in [0.15, 0.2) is 0 Å². The highest BCUT2D eigenvalue weighted by Crippen LogP contribution is 2.22. The Kier molecular flexibility index (Phi) is 4.84. The van der Waals surface area contributed by atoms with Crippen LogP contribution >= 0.6 is 11.6 Å². The summed E-state index contributed by atoms with van der Waals surface area (Å²) in [6.45, 7) is 4.80. The van der Waals surface area contributed by atoms with Crippen LogP contribution < -0.4 is 10.9 Å². The van der Waals surface area contributed by atoms with Crippen LogP contribution in [0.2, 0.25) is 5.02 Å². The number of hydrogen-bond acceptors (Lipinski definition) is 4. The Morgan fingerprint density at radius 1 is 1.33 bits per heavy atom. The Labute approximate surface area is 142 Å². The monoisotopic (exact) mass is 352 g/mol. The van der Waals surface area contributed by atoms with Crippen LogP contribution in [0.15, 0.2) is 23.0 Å². The van der Waals surface area contributed by atoms with E-state index >= 15 is 0 Å². The van der Waals surface area contributed by atoms with Gasteiger partial charge in [0.2, 0.25) is 0 Å². The fourth-order valence-corrected chi connectivity index (χ4v) is 2.37. The number of hydrogen-bond donors (Lipinski definition) is 3. The van der Waals surface area contributed by atoms with Crippen LogP contribution in [0.25, 0.3) is 10.9 Å². The van der Waals surface area contributed by atoms with Gasteiger partial charge in [-0.15, -0.1) is 0 Å². The second-order valence-electron chi connectivity index (χ2n) is 6.16. The number of amides is 1. The van der Waals surface area contributed by atoms with Gasteiger partial charge < -0.3 is 20.1 Å². The summed E-state index contributed by atoms with van der Waals surface area (Å²) >= 11 is 5.91. The maximum Gasteiger partial charge on any atom is 0.407 e. The summed E-state index contributed by atoms with van der Waals surface area (Å²) < 4.78 is 5.08. The summed E-state index contributed by atoms with van der Waals surface area (Å²) in [6, 6.07) is 4.52. The zero-order valence-electron chi connectivity index (χ0n) is 13.4. The molecule has 0 radical (unpaired) electrons. The van der Waals surface area contributed by atoms with E-state index in [1.807, 2.05) is 0 Å². The number of fused-ring (bicyclic) bond motifs is 1. The predicted octanol–water partition coefficient (Wildman–Crippen LogP) is 2.90. The Balaban J connectivity index is 2.44. The number of aromatic nitrogens is 1. The second-order valence-corrected chi connectivity index (χ2v) is 6.59. The molecule has 1 aromatic heterocycles. The van der Waals surface area contributed by atoms with E-state index in [0.29, 0.717) is 10.5 Å². The number of carbonyl (C=O) groups excluding carboxylic acids is 1. The van der Waals surface area contributed by atoms with Crippen molar-refractivity contribution in [1.29, 1.82) is 0 Å². The number of alkyl carbamates (subject to hydrolysis) is 1. The second kappa shape index (κ2) is 6.52. The van der Waals surface area contributed by atoms with Crippen molar-refractivity contribution in [2.75, 3.05) is 0 Å². The number of rotatable bonds is 3. The fraction of sp³-hybridized carbons (Fsp3) is 0.312. The first-order valence-corrected chi connectivity index (χ1v) is 7.51. The first kappa shape index (κ1) is 17.8. The summed E-state index contributed by atoms with van der Waals surface area (Å²) in [7, 11) is 0. The molecule has 0 saturated heterocycles. The molecule has 0 spiro atoms. The first-order chi connectivity index (χ1) is 11.1. The van der Waals surface area contributed by atoms with Gasteiger partial charge in [-0.05, 0) is 39.0 Å². The van der Waals surface area contributed by atoms with E-state index in [0.717, 1.165) is 0 Å². The van der Waals surface area contributed by atoms with Gasteiger partial charge in [0.25, 0.3) is 5.56 Å². The highest BCUT2D eigenvalue weighted by molar-refractivity contribution is 6.31. The minimum absolute atomic E-state index is 0.0804. The van der Waals surface area contributed by atoms with Gasteiger partial charge in [-0.1, -0.05) is 11.6 Å². The summed E-state index contributed by atoms with van der Waals surface area (Å²) in [4.78, 5) is 38.1. The topological polar surface area (TPSA) is 108 Å². The average molecular weight is 353 g/mol. The summed E-state index contributed by atoms with van der Waals surface area (Å²) in [5, 5.41) is 12.5. The molecule has 0 saturated carbocycles. The zero-order valence-corrected chi connectivity index (χ0v) is 14.2. The van der Waals surface area contributed by atoms with Gasteiger partial charge >= 0.3 is 12.1 Å². The Morgan fingerprint density at radius 3 is 2.58 bits per heavy atom. The maximum atomic E-state index is 12.2. The Bertz CT molecular complexity index is 867. The Hall–Kier alpha value is -2.54. The molecule has 2 aromatic rings. The zero-order chi connectivity index (χ0) is 18.1. The molecule has 128 valence electrons. The minimum Gasteiger partial charge on any atom is -0.478 e. The number of halogens is 1. The maximum absolute atomic E-state index is 12.2. The van der Waals surface area contributed by atoms with Crippen molar-refractivity contribution in [3.63, 3.8) is 0 Å². The highest BCUT2D eigenvalue weighted by atomic mass is 35.5. The molecule has 0 aliphatic carbocycles. The fourth-order valence-electron chi connectivity index (χ4n) is 2.19. The molecule has 24 heavy (non-hydrogen) atoms. The number of aromatic carboxylic acids is 1. The minimum atomic E-state index is -1.28. The summed E-state index contributed by atoms with van der Waals surface area (Å²) in [5.41, 5.74) is -1.24. The van der Waals surface area contributed by atoms with E-state index in [4.69, 9.17) is 16.3 Å². The number of carbonyl (C=O) groups is 2. The lowest BCUT2D eigenvalue weighted by molar-refractivity contribution is 0.0520. The summed E-state index contributed by atoms with van der Waals surface area (Å²) in [5.74, 6) is -1.28. The normalized spacial score (nSPS) is 11.3. The van der Waals surface area contributed by atoms with Gasteiger partial charge in [0.1, 0.15) is 5.60 Å². The highest BCUT2D eigenvalue weighted by Gasteiger charge is 2.21. The van der Waals surface area contributed by atoms with E-state index in [-0.39, 0.29) is 23.1 Å². The van der Waals surface area contributed by atoms with Crippen molar-refractivity contribution in [3.05, 3.63) is 44.7 Å². The molecule has 1 amide bonds. The molecule has 1 heterocycles. The van der Waals surface area contributed by atoms with Crippen LogP contribution in [0.1, 0.15) is 36.7 Å². The average Bonchev–Trinajstić information content (AvgIpc) is 2.42. The van der Waals surface area contributed by atoms with Crippen LogP contribution in [-0.4, -0.2) is 27.8 Å². The number of carboxylic acid groups (broad SMARTS) is 1. The molecule has 0 unspecified atom stereocenters. The van der Waals surface area contributed by atoms with Crippen molar-refractivity contribution < 1.29 is 19.4 Å². The number of carboxylic acids is 1. The van der Waals surface area contributed by atoms with Gasteiger partial charge in [0.05, 0.1) is 17.7 Å². The van der Waals surface area contributed by atoms with Gasteiger partial charge in [0, 0.05) is 15.9 Å². The van der Waals surface area contributed by atoms with Gasteiger partial charge in [-0.2, -0.15) is 0 Å². The standard InChI is InChI=1S/C16H17ClN2O5/c1-16(2,3)24-15(23)18-7-10-12(14(21)22)9-6-8(17)4-5-11(9)19-13(10)20/h4-6H,7H2,1-3H3,(H,18,23)(H,19,20)(H,21,22). The SMILES string of the molecule is CC(C)(C)OC(=O)NCc1c(C(=O)O)c2cc(Cl)ccc2[nH]c1=O. The third-order valence-electron chi connectivity index (χ3n) is 3.10. The van der Waals surface area contributed by atoms with Crippen molar-refractivity contribution in [2.24, 2.45) is 0 Å². The number of aromatic amines is 1. The van der Waals surface area contributed by atoms with Gasteiger partial charge in [-0.3, -0.25) is 4.79 Å².